The van der Waals surface area contributed by atoms with Crippen molar-refractivity contribution in [3.05, 3.63) is 57.7 Å². The summed E-state index contributed by atoms with van der Waals surface area (Å²) in [7, 11) is 3.36. The lowest BCUT2D eigenvalue weighted by atomic mass is 10.0. The maximum atomic E-state index is 13.2. The van der Waals surface area contributed by atoms with Crippen molar-refractivity contribution in [3.63, 3.8) is 0 Å². The zero-order valence-electron chi connectivity index (χ0n) is 21.8. The normalized spacial score (nSPS) is 18.5. The van der Waals surface area contributed by atoms with E-state index >= 15 is 0 Å². The number of rotatable bonds is 6. The number of nitrogens with zero attached hydrogens (tertiary/aromatic N) is 4. The van der Waals surface area contributed by atoms with E-state index in [9.17, 15) is 14.4 Å². The molecule has 0 aliphatic carbocycles. The van der Waals surface area contributed by atoms with Crippen LogP contribution in [0.4, 0.5) is 5.82 Å². The number of anilines is 1. The molecule has 3 heterocycles. The second kappa shape index (κ2) is 12.2. The van der Waals surface area contributed by atoms with Gasteiger partial charge in [-0.3, -0.25) is 19.3 Å². The van der Waals surface area contributed by atoms with Gasteiger partial charge >= 0.3 is 0 Å². The maximum absolute atomic E-state index is 13.2. The van der Waals surface area contributed by atoms with Crippen LogP contribution in [0.5, 0.6) is 0 Å². The van der Waals surface area contributed by atoms with Gasteiger partial charge in [0.25, 0.3) is 5.91 Å². The van der Waals surface area contributed by atoms with Crippen molar-refractivity contribution in [1.82, 2.24) is 19.7 Å². The molecular formula is C27H35Cl2N5O3. The molecule has 0 radical (unpaired) electrons. The predicted octanol–water partition coefficient (Wildman–Crippen LogP) is 4.07. The van der Waals surface area contributed by atoms with Gasteiger partial charge in [0.15, 0.2) is 0 Å². The van der Waals surface area contributed by atoms with Crippen LogP contribution < -0.4 is 5.32 Å². The summed E-state index contributed by atoms with van der Waals surface area (Å²) in [6, 6.07) is 8.91. The molecule has 8 nitrogen and oxygen atoms in total. The van der Waals surface area contributed by atoms with Crippen molar-refractivity contribution in [3.8, 4) is 0 Å². The summed E-state index contributed by atoms with van der Waals surface area (Å²) in [5.41, 5.74) is 3.40. The number of aryl methyl sites for hydroxylation is 2. The van der Waals surface area contributed by atoms with Crippen LogP contribution in [0, 0.1) is 13.8 Å². The van der Waals surface area contributed by atoms with Gasteiger partial charge in [-0.2, -0.15) is 0 Å². The second-order valence-electron chi connectivity index (χ2n) is 10.0. The monoisotopic (exact) mass is 547 g/mol. The molecule has 2 fully saturated rings. The van der Waals surface area contributed by atoms with Gasteiger partial charge in [0.2, 0.25) is 11.8 Å². The van der Waals surface area contributed by atoms with Crippen LogP contribution in [0.15, 0.2) is 30.3 Å². The number of benzene rings is 1. The van der Waals surface area contributed by atoms with Gasteiger partial charge in [-0.25, -0.2) is 4.98 Å². The van der Waals surface area contributed by atoms with Crippen molar-refractivity contribution < 1.29 is 14.4 Å². The number of carbonyl (C=O) groups excluding carboxylic acids is 3. The molecule has 0 spiro atoms. The Morgan fingerprint density at radius 3 is 2.46 bits per heavy atom. The van der Waals surface area contributed by atoms with Crippen LogP contribution in [0.2, 0.25) is 5.02 Å². The Morgan fingerprint density at radius 2 is 1.81 bits per heavy atom. The van der Waals surface area contributed by atoms with E-state index in [-0.39, 0.29) is 36.2 Å². The average Bonchev–Trinajstić information content (AvgIpc) is 3.22. The predicted molar refractivity (Wildman–Crippen MR) is 147 cm³/mol. The summed E-state index contributed by atoms with van der Waals surface area (Å²) in [6.07, 6.45) is 2.51. The number of amides is 3. The zero-order chi connectivity index (χ0) is 26.0. The highest BCUT2D eigenvalue weighted by Crippen LogP contribution is 2.29. The average molecular weight is 549 g/mol. The fraction of sp³-hybridized carbons (Fsp3) is 0.481. The van der Waals surface area contributed by atoms with Crippen LogP contribution in [0.3, 0.4) is 0 Å². The first-order valence-electron chi connectivity index (χ1n) is 12.4. The van der Waals surface area contributed by atoms with E-state index in [1.165, 1.54) is 10.5 Å². The van der Waals surface area contributed by atoms with Crippen LogP contribution in [-0.4, -0.2) is 76.7 Å². The lowest BCUT2D eigenvalue weighted by Gasteiger charge is -2.39. The van der Waals surface area contributed by atoms with Crippen LogP contribution in [-0.2, 0) is 16.1 Å². The Morgan fingerprint density at radius 1 is 1.11 bits per heavy atom. The van der Waals surface area contributed by atoms with Gasteiger partial charge in [0.1, 0.15) is 11.9 Å². The van der Waals surface area contributed by atoms with Crippen molar-refractivity contribution in [1.29, 1.82) is 0 Å². The number of nitrogens with one attached hydrogen (secondary N) is 1. The molecule has 37 heavy (non-hydrogen) atoms. The van der Waals surface area contributed by atoms with Crippen molar-refractivity contribution in [2.75, 3.05) is 32.5 Å². The first-order chi connectivity index (χ1) is 17.1. The SMILES string of the molecule is Cc1cc(C(=O)N(C)C)cc(NC(=O)[C@H]2CCC(=O)N2C2CCN(Cc3ccc(Cl)c(C)c3)CC2)n1.Cl. The number of halogens is 2. The van der Waals surface area contributed by atoms with Crippen LogP contribution in [0.25, 0.3) is 0 Å². The quantitative estimate of drug-likeness (QED) is 0.589. The van der Waals surface area contributed by atoms with Gasteiger partial charge < -0.3 is 15.1 Å². The van der Waals surface area contributed by atoms with Gasteiger partial charge in [-0.15, -0.1) is 12.4 Å². The molecule has 2 aliphatic rings. The highest BCUT2D eigenvalue weighted by atomic mass is 35.5. The molecule has 1 N–H and O–H groups in total. The molecule has 2 saturated heterocycles. The van der Waals surface area contributed by atoms with Crippen LogP contribution in [0.1, 0.15) is 52.9 Å². The third-order valence-corrected chi connectivity index (χ3v) is 7.42. The molecule has 200 valence electrons. The Bertz CT molecular complexity index is 1160. The Kier molecular flexibility index (Phi) is 9.56. The highest BCUT2D eigenvalue weighted by molar-refractivity contribution is 6.31. The number of hydrogen-bond acceptors (Lipinski definition) is 5. The molecule has 2 aromatic rings. The molecule has 3 amide bonds. The van der Waals surface area contributed by atoms with Crippen LogP contribution >= 0.6 is 24.0 Å². The molecule has 0 unspecified atom stereocenters. The Labute approximate surface area is 229 Å². The number of carbonyl (C=O) groups is 3. The third-order valence-electron chi connectivity index (χ3n) is 6.99. The summed E-state index contributed by atoms with van der Waals surface area (Å²) in [6.45, 7) is 6.36. The molecule has 10 heteroatoms. The number of piperidine rings is 1. The van der Waals surface area contributed by atoms with Gasteiger partial charge in [-0.05, 0) is 62.4 Å². The van der Waals surface area contributed by atoms with Crippen molar-refractivity contribution >= 4 is 47.5 Å². The molecule has 1 aromatic heterocycles. The van der Waals surface area contributed by atoms with E-state index in [0.29, 0.717) is 29.9 Å². The number of likely N-dealkylation sites (tertiary alicyclic amines) is 2. The molecule has 0 saturated carbocycles. The third kappa shape index (κ3) is 6.80. The highest BCUT2D eigenvalue weighted by Gasteiger charge is 2.41. The summed E-state index contributed by atoms with van der Waals surface area (Å²) < 4.78 is 0. The number of pyridine rings is 1. The summed E-state index contributed by atoms with van der Waals surface area (Å²) in [5, 5.41) is 3.64. The number of aromatic nitrogens is 1. The Balaban J connectivity index is 0.00000380. The van der Waals surface area contributed by atoms with Crippen molar-refractivity contribution in [2.24, 2.45) is 0 Å². The van der Waals surface area contributed by atoms with E-state index in [4.69, 9.17) is 11.6 Å². The molecule has 1 atom stereocenters. The summed E-state index contributed by atoms with van der Waals surface area (Å²) in [4.78, 5) is 48.5. The minimum absolute atomic E-state index is 0. The van der Waals surface area contributed by atoms with E-state index in [0.717, 1.165) is 43.1 Å². The minimum atomic E-state index is -0.525. The van der Waals surface area contributed by atoms with Crippen molar-refractivity contribution in [2.45, 2.75) is 58.2 Å². The van der Waals surface area contributed by atoms with Gasteiger partial charge in [-0.1, -0.05) is 23.7 Å². The minimum Gasteiger partial charge on any atom is -0.345 e. The smallest absolute Gasteiger partial charge is 0.253 e. The molecule has 2 aliphatic heterocycles. The van der Waals surface area contributed by atoms with E-state index in [2.05, 4.69) is 27.3 Å². The molecule has 4 rings (SSSR count). The first-order valence-corrected chi connectivity index (χ1v) is 12.8. The zero-order valence-corrected chi connectivity index (χ0v) is 23.4. The fourth-order valence-electron chi connectivity index (χ4n) is 5.16. The standard InChI is InChI=1S/C27H34ClN5O3.ClH/c1-17-13-19(5-6-22(17)28)16-32-11-9-21(10-12-32)33-23(7-8-25(33)34)26(35)30-24-15-20(14-18(2)29-24)27(36)31(3)4;/h5-6,13-15,21,23H,7-12,16H2,1-4H3,(H,29,30,35);1H/t23-;/m1./s1. The summed E-state index contributed by atoms with van der Waals surface area (Å²) >= 11 is 6.16. The molecular weight excluding hydrogens is 513 g/mol. The number of hydrogen-bond donors (Lipinski definition) is 1. The summed E-state index contributed by atoms with van der Waals surface area (Å²) in [5.74, 6) is -0.0457. The van der Waals surface area contributed by atoms with E-state index in [1.807, 2.05) is 13.0 Å². The molecule has 1 aromatic carbocycles. The topological polar surface area (TPSA) is 85.8 Å². The molecule has 0 bridgehead atoms. The first kappa shape index (κ1) is 28.9. The lowest BCUT2D eigenvalue weighted by molar-refractivity contribution is -0.136. The Hall–Kier alpha value is -2.68. The van der Waals surface area contributed by atoms with Gasteiger partial charge in [0.05, 0.1) is 0 Å². The largest absolute Gasteiger partial charge is 0.345 e. The van der Waals surface area contributed by atoms with E-state index in [1.54, 1.807) is 38.1 Å². The lowest BCUT2D eigenvalue weighted by Crippen LogP contribution is -2.51. The fourth-order valence-corrected chi connectivity index (χ4v) is 5.28. The van der Waals surface area contributed by atoms with Gasteiger partial charge in [0, 0.05) is 62.5 Å². The second-order valence-corrected chi connectivity index (χ2v) is 10.4. The van der Waals surface area contributed by atoms with E-state index < -0.39 is 6.04 Å². The maximum Gasteiger partial charge on any atom is 0.253 e.